The van der Waals surface area contributed by atoms with Gasteiger partial charge in [-0.15, -0.1) is 0 Å². The normalized spacial score (nSPS) is 24.4. The number of nitriles is 1. The molecule has 1 aromatic rings. The van der Waals surface area contributed by atoms with Gasteiger partial charge in [0.15, 0.2) is 11.5 Å². The lowest BCUT2D eigenvalue weighted by Gasteiger charge is -2.24. The van der Waals surface area contributed by atoms with Gasteiger partial charge in [0.05, 0.1) is 24.8 Å². The van der Waals surface area contributed by atoms with Crippen molar-refractivity contribution in [3.8, 4) is 17.6 Å². The molecule has 2 fully saturated rings. The first-order chi connectivity index (χ1) is 13.0. The van der Waals surface area contributed by atoms with E-state index in [-0.39, 0.29) is 29.6 Å². The van der Waals surface area contributed by atoms with E-state index in [1.807, 2.05) is 0 Å². The number of nitrogens with one attached hydrogen (secondary N) is 1. The van der Waals surface area contributed by atoms with Crippen molar-refractivity contribution in [1.82, 2.24) is 10.2 Å². The third-order valence-electron chi connectivity index (χ3n) is 5.07. The van der Waals surface area contributed by atoms with Gasteiger partial charge >= 0.3 is 5.97 Å². The SMILES string of the molecule is COc1ccc(C(=O)O)cc1OC[C@H]1CC[C@@H](C(=O)N2CCC[C@H]2C#N)N1. The van der Waals surface area contributed by atoms with E-state index in [4.69, 9.17) is 19.8 Å². The summed E-state index contributed by atoms with van der Waals surface area (Å²) >= 11 is 0. The van der Waals surface area contributed by atoms with Crippen LogP contribution in [0.5, 0.6) is 11.5 Å². The van der Waals surface area contributed by atoms with Crippen LogP contribution in [0.3, 0.4) is 0 Å². The molecule has 27 heavy (non-hydrogen) atoms. The van der Waals surface area contributed by atoms with E-state index in [0.717, 1.165) is 19.3 Å². The van der Waals surface area contributed by atoms with Crippen LogP contribution >= 0.6 is 0 Å². The Morgan fingerprint density at radius 3 is 2.85 bits per heavy atom. The van der Waals surface area contributed by atoms with Gasteiger partial charge in [0.25, 0.3) is 0 Å². The predicted molar refractivity (Wildman–Crippen MR) is 95.7 cm³/mol. The zero-order chi connectivity index (χ0) is 19.4. The summed E-state index contributed by atoms with van der Waals surface area (Å²) in [5.74, 6) is -0.241. The first-order valence-corrected chi connectivity index (χ1v) is 9.03. The third-order valence-corrected chi connectivity index (χ3v) is 5.07. The van der Waals surface area contributed by atoms with Crippen molar-refractivity contribution in [3.05, 3.63) is 23.8 Å². The first-order valence-electron chi connectivity index (χ1n) is 9.03. The average Bonchev–Trinajstić information content (AvgIpc) is 3.34. The predicted octanol–water partition coefficient (Wildman–Crippen LogP) is 1.41. The van der Waals surface area contributed by atoms with Crippen molar-refractivity contribution in [3.63, 3.8) is 0 Å². The Hall–Kier alpha value is -2.79. The van der Waals surface area contributed by atoms with Gasteiger partial charge < -0.3 is 19.5 Å². The maximum atomic E-state index is 12.6. The van der Waals surface area contributed by atoms with E-state index < -0.39 is 5.97 Å². The molecule has 0 aromatic heterocycles. The van der Waals surface area contributed by atoms with Gasteiger partial charge in [-0.25, -0.2) is 4.79 Å². The van der Waals surface area contributed by atoms with Crippen LogP contribution in [-0.2, 0) is 4.79 Å². The molecule has 0 bridgehead atoms. The van der Waals surface area contributed by atoms with E-state index >= 15 is 0 Å². The Morgan fingerprint density at radius 2 is 2.15 bits per heavy atom. The Labute approximate surface area is 157 Å². The largest absolute Gasteiger partial charge is 0.493 e. The molecule has 2 heterocycles. The minimum Gasteiger partial charge on any atom is -0.493 e. The summed E-state index contributed by atoms with van der Waals surface area (Å²) in [6.45, 7) is 0.931. The second-order valence-corrected chi connectivity index (χ2v) is 6.79. The van der Waals surface area contributed by atoms with Gasteiger partial charge in [0, 0.05) is 12.6 Å². The highest BCUT2D eigenvalue weighted by Gasteiger charge is 2.37. The van der Waals surface area contributed by atoms with Crippen LogP contribution in [0.2, 0.25) is 0 Å². The van der Waals surface area contributed by atoms with Crippen LogP contribution < -0.4 is 14.8 Å². The molecular formula is C19H23N3O5. The zero-order valence-electron chi connectivity index (χ0n) is 15.2. The van der Waals surface area contributed by atoms with E-state index in [1.165, 1.54) is 19.2 Å². The number of rotatable bonds is 6. The van der Waals surface area contributed by atoms with Crippen molar-refractivity contribution in [2.45, 2.75) is 43.8 Å². The quantitative estimate of drug-likeness (QED) is 0.775. The Bertz CT molecular complexity index is 760. The fourth-order valence-electron chi connectivity index (χ4n) is 3.62. The number of ether oxygens (including phenoxy) is 2. The molecule has 0 radical (unpaired) electrons. The summed E-state index contributed by atoms with van der Waals surface area (Å²) in [5.41, 5.74) is 0.120. The van der Waals surface area contributed by atoms with Crippen molar-refractivity contribution < 1.29 is 24.2 Å². The summed E-state index contributed by atoms with van der Waals surface area (Å²) in [7, 11) is 1.49. The third kappa shape index (κ3) is 4.14. The molecule has 2 aliphatic heterocycles. The van der Waals surface area contributed by atoms with Crippen LogP contribution in [0.15, 0.2) is 18.2 Å². The molecule has 3 atom stereocenters. The van der Waals surface area contributed by atoms with E-state index in [0.29, 0.717) is 31.1 Å². The Morgan fingerprint density at radius 1 is 1.33 bits per heavy atom. The van der Waals surface area contributed by atoms with Crippen LogP contribution in [-0.4, -0.2) is 60.3 Å². The second-order valence-electron chi connectivity index (χ2n) is 6.79. The number of aromatic carboxylic acids is 1. The number of benzene rings is 1. The zero-order valence-corrected chi connectivity index (χ0v) is 15.2. The van der Waals surface area contributed by atoms with Crippen LogP contribution in [0.4, 0.5) is 0 Å². The number of nitrogens with zero attached hydrogens (tertiary/aromatic N) is 2. The van der Waals surface area contributed by atoms with Crippen molar-refractivity contribution in [2.75, 3.05) is 20.3 Å². The Balaban J connectivity index is 1.58. The molecule has 0 saturated carbocycles. The standard InChI is InChI=1S/C19H23N3O5/c1-26-16-7-4-12(19(24)25)9-17(16)27-11-13-5-6-15(21-13)18(23)22-8-2-3-14(22)10-20/h4,7,9,13-15,21H,2-3,5-6,8,11H2,1H3,(H,24,25)/t13-,14+,15+/m1/s1. The maximum absolute atomic E-state index is 12.6. The summed E-state index contributed by atoms with van der Waals surface area (Å²) in [5, 5.41) is 21.6. The Kier molecular flexibility index (Phi) is 5.81. The average molecular weight is 373 g/mol. The summed E-state index contributed by atoms with van der Waals surface area (Å²) in [6.07, 6.45) is 3.06. The van der Waals surface area contributed by atoms with Gasteiger partial charge in [-0.2, -0.15) is 5.26 Å². The summed E-state index contributed by atoms with van der Waals surface area (Å²) < 4.78 is 11.0. The molecule has 2 aliphatic rings. The minimum absolute atomic E-state index is 0.0213. The molecule has 0 spiro atoms. The smallest absolute Gasteiger partial charge is 0.335 e. The topological polar surface area (TPSA) is 112 Å². The van der Waals surface area contributed by atoms with Gasteiger partial charge in [-0.1, -0.05) is 0 Å². The summed E-state index contributed by atoms with van der Waals surface area (Å²) in [4.78, 5) is 25.4. The fourth-order valence-corrected chi connectivity index (χ4v) is 3.62. The van der Waals surface area contributed by atoms with Crippen LogP contribution in [0.1, 0.15) is 36.0 Å². The number of carbonyl (C=O) groups excluding carboxylic acids is 1. The highest BCUT2D eigenvalue weighted by atomic mass is 16.5. The van der Waals surface area contributed by atoms with E-state index in [9.17, 15) is 9.59 Å². The molecule has 0 aliphatic carbocycles. The number of carboxylic acids is 1. The van der Waals surface area contributed by atoms with Gasteiger partial charge in [0.1, 0.15) is 12.6 Å². The van der Waals surface area contributed by atoms with Crippen molar-refractivity contribution in [1.29, 1.82) is 5.26 Å². The molecule has 1 amide bonds. The fraction of sp³-hybridized carbons (Fsp3) is 0.526. The van der Waals surface area contributed by atoms with Crippen molar-refractivity contribution >= 4 is 11.9 Å². The maximum Gasteiger partial charge on any atom is 0.335 e. The van der Waals surface area contributed by atoms with Crippen molar-refractivity contribution in [2.24, 2.45) is 0 Å². The molecule has 2 saturated heterocycles. The lowest BCUT2D eigenvalue weighted by Crippen LogP contribution is -2.47. The molecule has 1 aromatic carbocycles. The second kappa shape index (κ2) is 8.27. The molecule has 2 N–H and O–H groups in total. The van der Waals surface area contributed by atoms with Gasteiger partial charge in [-0.05, 0) is 43.9 Å². The van der Waals surface area contributed by atoms with Gasteiger partial charge in [0.2, 0.25) is 5.91 Å². The minimum atomic E-state index is -1.04. The number of amides is 1. The molecular weight excluding hydrogens is 350 g/mol. The highest BCUT2D eigenvalue weighted by Crippen LogP contribution is 2.29. The molecule has 3 rings (SSSR count). The number of likely N-dealkylation sites (tertiary alicyclic amines) is 1. The number of hydrogen-bond acceptors (Lipinski definition) is 6. The number of hydrogen-bond donors (Lipinski definition) is 2. The number of carbonyl (C=O) groups is 2. The van der Waals surface area contributed by atoms with Gasteiger partial charge in [-0.3, -0.25) is 10.1 Å². The highest BCUT2D eigenvalue weighted by molar-refractivity contribution is 5.88. The van der Waals surface area contributed by atoms with E-state index in [1.54, 1.807) is 11.0 Å². The first kappa shape index (κ1) is 19.0. The number of carboxylic acid groups (broad SMARTS) is 1. The lowest BCUT2D eigenvalue weighted by molar-refractivity contribution is -0.133. The molecule has 144 valence electrons. The monoisotopic (exact) mass is 373 g/mol. The lowest BCUT2D eigenvalue weighted by atomic mass is 10.1. The molecule has 0 unspecified atom stereocenters. The summed E-state index contributed by atoms with van der Waals surface area (Å²) in [6, 6.07) is 5.98. The van der Waals surface area contributed by atoms with Crippen LogP contribution in [0, 0.1) is 11.3 Å². The van der Waals surface area contributed by atoms with Crippen LogP contribution in [0.25, 0.3) is 0 Å². The molecule has 8 heteroatoms. The number of methoxy groups -OCH3 is 1. The van der Waals surface area contributed by atoms with E-state index in [2.05, 4.69) is 11.4 Å². The molecule has 8 nitrogen and oxygen atoms in total.